The number of aryl methyl sites for hydroxylation is 4. The summed E-state index contributed by atoms with van der Waals surface area (Å²) in [7, 11) is 0. The van der Waals surface area contributed by atoms with Crippen molar-refractivity contribution in [2.45, 2.75) is 77.0 Å². The Morgan fingerprint density at radius 3 is 0.965 bits per heavy atom. The Morgan fingerprint density at radius 2 is 0.562 bits per heavy atom. The molecule has 30 heteroatoms. The lowest BCUT2D eigenvalue weighted by Gasteiger charge is -2.09. The molecule has 32 bridgehead atoms. The molecule has 4 aliphatic rings. The normalized spacial score (nSPS) is 13.5. The van der Waals surface area contributed by atoms with Crippen LogP contribution in [0.4, 0.5) is 22.7 Å². The zero-order valence-electron chi connectivity index (χ0n) is 77.2. The standard InChI is InChI=1S/2C29H22N6O.2C28H21N7O/c2*36-26-9-2-5-17-4-1-6-19(12-17)22-7-3-8-25-27(22)33-29(32-25)28-23-14-18(10-11-24(23)34-35-28)20-13-21(31-26)16-30-15-20;36-24-9-2-5-16-4-1-6-17(10-16)21-7-3-8-23-25(21)33-28(32-23)26-22-12-19(14-30-27(22)35-34-26)18-11-20(31-24)15-29-13-18;36-25-9-2-5-16-4-1-6-17(10-16)20-7-3-8-22-26(20)33-28(32-22)27-21-12-23(30-15-24(21)34-35-27)18-11-19(31-25)14-29-13-18/h2*1,3-4,6-8,10-16H,2,5,9H2,(H,31,36)(H,32,33)(H,34,35);1,3-4,6-8,10-15H,2,5,9H2,(H,31,36)(H,32,33)(H,30,34,35);1,3-4,6-8,10-15H,2,5,9H2,(H,31,36)(H,32,33)(H,34,35). The lowest BCUT2D eigenvalue weighted by atomic mass is 9.99. The highest BCUT2D eigenvalue weighted by molar-refractivity contribution is 6.05. The van der Waals surface area contributed by atoms with E-state index in [-0.39, 0.29) is 23.6 Å². The van der Waals surface area contributed by atoms with Gasteiger partial charge in [-0.1, -0.05) is 158 Å². The van der Waals surface area contributed by atoms with Gasteiger partial charge in [0.2, 0.25) is 23.6 Å². The summed E-state index contributed by atoms with van der Waals surface area (Å²) in [5, 5.41) is 46.2. The molecule has 144 heavy (non-hydrogen) atoms. The van der Waals surface area contributed by atoms with Crippen LogP contribution in [0.5, 0.6) is 0 Å². The van der Waals surface area contributed by atoms with E-state index in [1.54, 1.807) is 62.0 Å². The van der Waals surface area contributed by atoms with Crippen LogP contribution in [0.1, 0.15) is 73.6 Å². The Hall–Kier alpha value is -19.3. The van der Waals surface area contributed by atoms with Crippen molar-refractivity contribution in [1.29, 1.82) is 0 Å². The van der Waals surface area contributed by atoms with Crippen LogP contribution < -0.4 is 21.3 Å². The van der Waals surface area contributed by atoms with Gasteiger partial charge in [0.1, 0.15) is 22.8 Å². The van der Waals surface area contributed by atoms with Crippen molar-refractivity contribution < 1.29 is 19.2 Å². The van der Waals surface area contributed by atoms with E-state index in [0.29, 0.717) is 77.4 Å². The number of hydrogen-bond acceptors (Lipinski definition) is 18. The molecule has 0 radical (unpaired) electrons. The summed E-state index contributed by atoms with van der Waals surface area (Å²) >= 11 is 0. The SMILES string of the molecule is O=C1CCCc2cccc(c2)-c2cccc3[nH]c(nc23)-c2[nH]nc3ncc(cc23)-c2cncc(c2)N1.O=C1CCCc2cccc(c2)-c2cccc3[nH]c(nc23)-c2n[nH]c3ccc(cc23)-c2cncc(c2)N1.O=C1CCCc2cccc(c2)-c2cccc3[nH]c(nc23)-c2n[nH]c3ccc(cc23)-c2cncc(c2)N1.O=C1CCCc2cccc(c2)-c2cccc3[nH]c(nc23)-c2n[nH]c3cnc(cc23)-c2cncc(c2)N1. The number of carbonyl (C=O) groups excluding carboxylic acids is 4. The molecular formula is C114H86N26O4. The van der Waals surface area contributed by atoms with Crippen molar-refractivity contribution in [1.82, 2.24) is 111 Å². The lowest BCUT2D eigenvalue weighted by Crippen LogP contribution is -2.11. The zero-order chi connectivity index (χ0) is 96.2. The minimum atomic E-state index is -0.0305. The number of nitrogens with one attached hydrogen (secondary N) is 12. The minimum absolute atomic E-state index is 0.0101. The number of H-pyrrole nitrogens is 8. The highest BCUT2D eigenvalue weighted by atomic mass is 16.2. The van der Waals surface area contributed by atoms with Crippen LogP contribution in [-0.4, -0.2) is 134 Å². The summed E-state index contributed by atoms with van der Waals surface area (Å²) in [5.74, 6) is 2.75. The third-order valence-corrected chi connectivity index (χ3v) is 26.8. The molecule has 0 unspecified atom stereocenters. The van der Waals surface area contributed by atoms with Crippen molar-refractivity contribution in [2.24, 2.45) is 0 Å². The van der Waals surface area contributed by atoms with Gasteiger partial charge >= 0.3 is 0 Å². The first-order valence-corrected chi connectivity index (χ1v) is 47.8. The Bertz CT molecular complexity index is 8180. The predicted octanol–water partition coefficient (Wildman–Crippen LogP) is 23.2. The second-order valence-electron chi connectivity index (χ2n) is 36.5. The van der Waals surface area contributed by atoms with E-state index in [4.69, 9.17) is 19.9 Å². The van der Waals surface area contributed by atoms with Gasteiger partial charge in [-0.05, 0) is 192 Å². The van der Waals surface area contributed by atoms with E-state index in [1.807, 2.05) is 109 Å². The number of aromatic nitrogens is 22. The third-order valence-electron chi connectivity index (χ3n) is 26.8. The van der Waals surface area contributed by atoms with Crippen LogP contribution in [0, 0.1) is 0 Å². The predicted molar refractivity (Wildman–Crippen MR) is 561 cm³/mol. The molecule has 4 amide bonds. The smallest absolute Gasteiger partial charge is 0.224 e. The highest BCUT2D eigenvalue weighted by Crippen LogP contribution is 2.42. The van der Waals surface area contributed by atoms with Gasteiger partial charge in [-0.3, -0.25) is 64.5 Å². The van der Waals surface area contributed by atoms with Crippen LogP contribution >= 0.6 is 0 Å². The molecule has 0 aliphatic carbocycles. The minimum Gasteiger partial charge on any atom is -0.337 e. The Balaban J connectivity index is 0.000000101. The summed E-state index contributed by atoms with van der Waals surface area (Å²) in [4.78, 5) is 111. The third kappa shape index (κ3) is 17.2. The van der Waals surface area contributed by atoms with E-state index in [9.17, 15) is 19.2 Å². The summed E-state index contributed by atoms with van der Waals surface area (Å²) in [6, 6.07) is 82.5. The molecule has 24 aromatic rings. The number of carbonyl (C=O) groups is 4. The van der Waals surface area contributed by atoms with E-state index >= 15 is 0 Å². The van der Waals surface area contributed by atoms with E-state index in [2.05, 4.69) is 245 Å². The highest BCUT2D eigenvalue weighted by Gasteiger charge is 2.25. The molecule has 10 aromatic carbocycles. The first-order chi connectivity index (χ1) is 70.8. The maximum atomic E-state index is 12.6. The largest absolute Gasteiger partial charge is 0.337 e. The molecule has 0 fully saturated rings. The summed E-state index contributed by atoms with van der Waals surface area (Å²) in [6.45, 7) is 0. The quantitative estimate of drug-likeness (QED) is 0.0671. The molecule has 18 heterocycles. The molecule has 0 saturated carbocycles. The van der Waals surface area contributed by atoms with Crippen molar-refractivity contribution in [2.75, 3.05) is 21.3 Å². The fourth-order valence-corrected chi connectivity index (χ4v) is 19.7. The van der Waals surface area contributed by atoms with Crippen LogP contribution in [0.15, 0.2) is 305 Å². The number of hydrogen-bond donors (Lipinski definition) is 12. The molecule has 28 rings (SSSR count). The molecule has 696 valence electrons. The van der Waals surface area contributed by atoms with Crippen LogP contribution in [0.25, 0.3) is 223 Å². The first kappa shape index (κ1) is 86.3. The number of amides is 4. The number of benzene rings is 10. The lowest BCUT2D eigenvalue weighted by molar-refractivity contribution is -0.117. The van der Waals surface area contributed by atoms with Crippen LogP contribution in [0.2, 0.25) is 0 Å². The average molecular weight is 1880 g/mol. The van der Waals surface area contributed by atoms with E-state index in [1.165, 1.54) is 22.3 Å². The number of pyridine rings is 6. The van der Waals surface area contributed by atoms with E-state index in [0.717, 1.165) is 246 Å². The summed E-state index contributed by atoms with van der Waals surface area (Å²) in [5.41, 5.74) is 36.9. The maximum Gasteiger partial charge on any atom is 0.224 e. The van der Waals surface area contributed by atoms with Gasteiger partial charge in [0.15, 0.2) is 28.9 Å². The molecule has 4 aliphatic heterocycles. The maximum absolute atomic E-state index is 12.6. The van der Waals surface area contributed by atoms with Gasteiger partial charge in [0, 0.05) is 123 Å². The average Bonchev–Trinajstić information content (AvgIpc) is 1.63. The first-order valence-electron chi connectivity index (χ1n) is 47.8. The number of nitrogens with zero attached hydrogens (tertiary/aromatic N) is 14. The van der Waals surface area contributed by atoms with Gasteiger partial charge in [-0.25, -0.2) is 24.9 Å². The number of fused-ring (bicyclic) bond motifs is 36. The second kappa shape index (κ2) is 36.9. The number of anilines is 4. The Kier molecular flexibility index (Phi) is 22.1. The number of para-hydroxylation sites is 4. The van der Waals surface area contributed by atoms with Crippen molar-refractivity contribution in [3.63, 3.8) is 0 Å². The van der Waals surface area contributed by atoms with Crippen LogP contribution in [-0.2, 0) is 44.9 Å². The van der Waals surface area contributed by atoms with Gasteiger partial charge in [-0.2, -0.15) is 20.4 Å². The van der Waals surface area contributed by atoms with E-state index < -0.39 is 0 Å². The molecule has 0 spiro atoms. The molecular weight excluding hydrogens is 1800 g/mol. The monoisotopic (exact) mass is 1880 g/mol. The molecule has 12 N–H and O–H groups in total. The molecule has 0 atom stereocenters. The Morgan fingerprint density at radius 1 is 0.229 bits per heavy atom. The van der Waals surface area contributed by atoms with Crippen molar-refractivity contribution >= 4 is 134 Å². The van der Waals surface area contributed by atoms with Crippen LogP contribution in [0.3, 0.4) is 0 Å². The molecule has 30 nitrogen and oxygen atoms in total. The fraction of sp³-hybridized carbons (Fsp3) is 0.105. The number of imidazole rings is 4. The molecule has 14 aromatic heterocycles. The Labute approximate surface area is 819 Å². The summed E-state index contributed by atoms with van der Waals surface area (Å²) in [6.07, 6.45) is 25.3. The van der Waals surface area contributed by atoms with Gasteiger partial charge in [-0.15, -0.1) is 0 Å². The summed E-state index contributed by atoms with van der Waals surface area (Å²) < 4.78 is 0. The van der Waals surface area contributed by atoms with Gasteiger partial charge in [0.05, 0.1) is 125 Å². The van der Waals surface area contributed by atoms with Crippen molar-refractivity contribution in [3.8, 4) is 135 Å². The topological polar surface area (TPSA) is 423 Å². The van der Waals surface area contributed by atoms with Gasteiger partial charge < -0.3 is 41.2 Å². The van der Waals surface area contributed by atoms with Gasteiger partial charge in [0.25, 0.3) is 0 Å². The fourth-order valence-electron chi connectivity index (χ4n) is 19.7. The van der Waals surface area contributed by atoms with Crippen molar-refractivity contribution in [3.05, 3.63) is 327 Å². The molecule has 0 saturated heterocycles. The second-order valence-corrected chi connectivity index (χ2v) is 36.5. The number of aromatic amines is 8. The zero-order valence-corrected chi connectivity index (χ0v) is 77.2. The number of rotatable bonds is 0.